The molecule has 0 bridgehead atoms. The van der Waals surface area contributed by atoms with Crippen molar-refractivity contribution in [2.45, 2.75) is 32.1 Å². The molecule has 0 saturated carbocycles. The number of carbonyl (C=O) groups excluding carboxylic acids is 2. The van der Waals surface area contributed by atoms with Crippen molar-refractivity contribution in [3.63, 3.8) is 0 Å². The first-order valence-electron chi connectivity index (χ1n) is 13.9. The highest BCUT2D eigenvalue weighted by Crippen LogP contribution is 2.54. The summed E-state index contributed by atoms with van der Waals surface area (Å²) in [4.78, 5) is 24.7. The van der Waals surface area contributed by atoms with E-state index in [1.807, 2.05) is 36.4 Å². The van der Waals surface area contributed by atoms with Gasteiger partial charge in [0.2, 0.25) is 0 Å². The molecule has 0 heterocycles. The normalized spacial score (nSPS) is 12.6. The van der Waals surface area contributed by atoms with Gasteiger partial charge in [0.25, 0.3) is 0 Å². The Hall–Kier alpha value is -4.70. The van der Waals surface area contributed by atoms with E-state index in [2.05, 4.69) is 73.8 Å². The number of carbonyl (C=O) groups is 2. The van der Waals surface area contributed by atoms with E-state index in [0.29, 0.717) is 24.0 Å². The lowest BCUT2D eigenvalue weighted by molar-refractivity contribution is -0.139. The molecular weight excluding hydrogens is 508 g/mol. The van der Waals surface area contributed by atoms with Gasteiger partial charge in [0.1, 0.15) is 0 Å². The van der Waals surface area contributed by atoms with Crippen LogP contribution < -0.4 is 0 Å². The number of hydrogen-bond acceptors (Lipinski definition) is 4. The molecule has 4 heteroatoms. The Morgan fingerprint density at radius 2 is 0.976 bits per heavy atom. The predicted octanol–water partition coefficient (Wildman–Crippen LogP) is 8.31. The van der Waals surface area contributed by atoms with Gasteiger partial charge in [-0.3, -0.25) is 0 Å². The van der Waals surface area contributed by atoms with Crippen molar-refractivity contribution in [2.75, 3.05) is 13.2 Å². The van der Waals surface area contributed by atoms with Gasteiger partial charge in [0.05, 0.1) is 13.2 Å². The van der Waals surface area contributed by atoms with E-state index in [1.54, 1.807) is 13.8 Å². The molecule has 41 heavy (non-hydrogen) atoms. The molecule has 5 rings (SSSR count). The van der Waals surface area contributed by atoms with E-state index in [1.165, 1.54) is 0 Å². The van der Waals surface area contributed by atoms with Crippen LogP contribution in [0, 0.1) is 0 Å². The number of ether oxygens (including phenoxy) is 2. The monoisotopic (exact) mass is 542 g/mol. The summed E-state index contributed by atoms with van der Waals surface area (Å²) >= 11 is 0. The third-order valence-corrected chi connectivity index (χ3v) is 7.80. The summed E-state index contributed by atoms with van der Waals surface area (Å²) < 4.78 is 11.3. The second kappa shape index (κ2) is 11.8. The molecule has 4 aromatic carbocycles. The molecule has 0 aromatic heterocycles. The highest BCUT2D eigenvalue weighted by molar-refractivity contribution is 5.88. The van der Waals surface area contributed by atoms with Crippen LogP contribution in [0.2, 0.25) is 0 Å². The molecule has 0 aliphatic heterocycles. The van der Waals surface area contributed by atoms with Crippen molar-refractivity contribution in [3.8, 4) is 33.4 Å². The minimum atomic E-state index is -0.565. The summed E-state index contributed by atoms with van der Waals surface area (Å²) in [5.74, 6) is -0.827. The van der Waals surface area contributed by atoms with Crippen molar-refractivity contribution in [3.05, 3.63) is 132 Å². The van der Waals surface area contributed by atoms with Crippen molar-refractivity contribution in [1.82, 2.24) is 0 Å². The maximum absolute atomic E-state index is 12.4. The van der Waals surface area contributed by atoms with E-state index in [-0.39, 0.29) is 13.2 Å². The highest BCUT2D eigenvalue weighted by atomic mass is 16.5. The number of hydrogen-bond donors (Lipinski definition) is 0. The predicted molar refractivity (Wildman–Crippen MR) is 164 cm³/mol. The zero-order valence-corrected chi connectivity index (χ0v) is 23.6. The SMILES string of the molecule is C=C(C)C(=O)OCCC1(CCOC(=O)C(=C)C)c2cc(-c3ccccc3)ccc2-c2ccc(-c3ccccc3)cc21. The van der Waals surface area contributed by atoms with Crippen LogP contribution in [0.25, 0.3) is 33.4 Å². The molecule has 0 N–H and O–H groups in total. The molecule has 0 spiro atoms. The lowest BCUT2D eigenvalue weighted by atomic mass is 9.72. The molecule has 0 saturated heterocycles. The standard InChI is InChI=1S/C37H34O4/c1-25(2)35(38)40-21-19-37(20-22-41-36(39)26(3)4)33-23-29(27-11-7-5-8-12-27)15-17-31(33)32-18-16-30(24-34(32)37)28-13-9-6-10-14-28/h5-18,23-24H,1,3,19-22H2,2,4H3. The fourth-order valence-electron chi connectivity index (χ4n) is 5.66. The molecule has 0 amide bonds. The number of benzene rings is 4. The summed E-state index contributed by atoms with van der Waals surface area (Å²) in [5.41, 5.74) is 9.14. The van der Waals surface area contributed by atoms with Gasteiger partial charge in [-0.2, -0.15) is 0 Å². The van der Waals surface area contributed by atoms with Gasteiger partial charge in [-0.05, 0) is 83.3 Å². The van der Waals surface area contributed by atoms with Gasteiger partial charge in [-0.25, -0.2) is 9.59 Å². The van der Waals surface area contributed by atoms with Gasteiger partial charge in [0.15, 0.2) is 0 Å². The molecule has 0 fully saturated rings. The van der Waals surface area contributed by atoms with Crippen LogP contribution in [0.4, 0.5) is 0 Å². The van der Waals surface area contributed by atoms with Crippen molar-refractivity contribution in [2.24, 2.45) is 0 Å². The largest absolute Gasteiger partial charge is 0.462 e. The van der Waals surface area contributed by atoms with Crippen molar-refractivity contribution >= 4 is 11.9 Å². The van der Waals surface area contributed by atoms with Crippen molar-refractivity contribution < 1.29 is 19.1 Å². The van der Waals surface area contributed by atoms with E-state index in [4.69, 9.17) is 9.47 Å². The quantitative estimate of drug-likeness (QED) is 0.149. The zero-order valence-electron chi connectivity index (χ0n) is 23.6. The summed E-state index contributed by atoms with van der Waals surface area (Å²) in [6, 6.07) is 33.7. The Morgan fingerprint density at radius 1 is 0.585 bits per heavy atom. The smallest absolute Gasteiger partial charge is 0.333 e. The van der Waals surface area contributed by atoms with E-state index in [0.717, 1.165) is 44.5 Å². The minimum absolute atomic E-state index is 0.199. The molecule has 1 aliphatic rings. The molecule has 0 radical (unpaired) electrons. The molecule has 0 atom stereocenters. The lowest BCUT2D eigenvalue weighted by Gasteiger charge is -2.32. The van der Waals surface area contributed by atoms with Gasteiger partial charge < -0.3 is 9.47 Å². The van der Waals surface area contributed by atoms with Gasteiger partial charge in [-0.15, -0.1) is 0 Å². The molecule has 4 aromatic rings. The average molecular weight is 543 g/mol. The fraction of sp³-hybridized carbons (Fsp3) is 0.189. The molecule has 1 aliphatic carbocycles. The lowest BCUT2D eigenvalue weighted by Crippen LogP contribution is -2.30. The Bertz CT molecular complexity index is 1490. The molecule has 0 unspecified atom stereocenters. The van der Waals surface area contributed by atoms with E-state index < -0.39 is 17.4 Å². The van der Waals surface area contributed by atoms with Crippen LogP contribution >= 0.6 is 0 Å². The third kappa shape index (κ3) is 5.64. The zero-order chi connectivity index (χ0) is 29.0. The minimum Gasteiger partial charge on any atom is -0.462 e. The maximum atomic E-state index is 12.4. The summed E-state index contributed by atoms with van der Waals surface area (Å²) in [6.45, 7) is 11.2. The van der Waals surface area contributed by atoms with Gasteiger partial charge >= 0.3 is 11.9 Å². The first-order chi connectivity index (χ1) is 19.8. The number of fused-ring (bicyclic) bond motifs is 3. The fourth-order valence-corrected chi connectivity index (χ4v) is 5.66. The molecule has 4 nitrogen and oxygen atoms in total. The number of rotatable bonds is 10. The van der Waals surface area contributed by atoms with Crippen LogP contribution in [-0.4, -0.2) is 25.2 Å². The van der Waals surface area contributed by atoms with Crippen LogP contribution in [0.3, 0.4) is 0 Å². The van der Waals surface area contributed by atoms with Crippen molar-refractivity contribution in [1.29, 1.82) is 0 Å². The first-order valence-corrected chi connectivity index (χ1v) is 13.9. The summed E-state index contributed by atoms with van der Waals surface area (Å²) in [6.07, 6.45) is 1.04. The summed E-state index contributed by atoms with van der Waals surface area (Å²) in [5, 5.41) is 0. The first kappa shape index (κ1) is 27.9. The van der Waals surface area contributed by atoms with Gasteiger partial charge in [0, 0.05) is 16.6 Å². The maximum Gasteiger partial charge on any atom is 0.333 e. The molecular formula is C37H34O4. The topological polar surface area (TPSA) is 52.6 Å². The van der Waals surface area contributed by atoms with Crippen LogP contribution in [0.15, 0.2) is 121 Å². The van der Waals surface area contributed by atoms with Crippen LogP contribution in [0.5, 0.6) is 0 Å². The van der Waals surface area contributed by atoms with Crippen LogP contribution in [0.1, 0.15) is 37.8 Å². The Morgan fingerprint density at radius 3 is 1.34 bits per heavy atom. The number of esters is 2. The van der Waals surface area contributed by atoms with Gasteiger partial charge in [-0.1, -0.05) is 98.1 Å². The second-order valence-corrected chi connectivity index (χ2v) is 10.7. The Balaban J connectivity index is 1.66. The highest BCUT2D eigenvalue weighted by Gasteiger charge is 2.43. The Kier molecular flexibility index (Phi) is 8.02. The van der Waals surface area contributed by atoms with Crippen LogP contribution in [-0.2, 0) is 24.5 Å². The van der Waals surface area contributed by atoms with E-state index in [9.17, 15) is 9.59 Å². The Labute approximate surface area is 242 Å². The van der Waals surface area contributed by atoms with E-state index >= 15 is 0 Å². The third-order valence-electron chi connectivity index (χ3n) is 7.80. The molecule has 206 valence electrons. The summed E-state index contributed by atoms with van der Waals surface area (Å²) in [7, 11) is 0. The second-order valence-electron chi connectivity index (χ2n) is 10.7. The average Bonchev–Trinajstić information content (AvgIpc) is 3.26.